The van der Waals surface area contributed by atoms with Crippen LogP contribution < -0.4 is 9.47 Å². The zero-order valence-electron chi connectivity index (χ0n) is 15.2. The number of hydrogen-bond acceptors (Lipinski definition) is 6. The second-order valence-corrected chi connectivity index (χ2v) is 7.00. The molecule has 0 aliphatic rings. The number of H-pyrrole nitrogens is 1. The largest absolute Gasteiger partial charge is 0.457 e. The predicted molar refractivity (Wildman–Crippen MR) is 110 cm³/mol. The minimum absolute atomic E-state index is 0.104. The first-order chi connectivity index (χ1) is 14.2. The van der Waals surface area contributed by atoms with Gasteiger partial charge in [-0.25, -0.2) is 4.98 Å². The fourth-order valence-electron chi connectivity index (χ4n) is 2.61. The third-order valence-electron chi connectivity index (χ3n) is 3.95. The van der Waals surface area contributed by atoms with Gasteiger partial charge in [0.25, 0.3) is 0 Å². The number of rotatable bonds is 6. The molecule has 1 N–H and O–H groups in total. The van der Waals surface area contributed by atoms with Crippen LogP contribution in [-0.2, 0) is 4.79 Å². The molecule has 6 nitrogen and oxygen atoms in total. The van der Waals surface area contributed by atoms with Crippen LogP contribution in [0.4, 0.5) is 0 Å². The van der Waals surface area contributed by atoms with Crippen molar-refractivity contribution in [3.8, 4) is 23.3 Å². The number of nitrogens with zero attached hydrogens (tertiary/aromatic N) is 2. The summed E-state index contributed by atoms with van der Waals surface area (Å²) >= 11 is 1.24. The van der Waals surface area contributed by atoms with Gasteiger partial charge in [-0.2, -0.15) is 5.26 Å². The first-order valence-electron chi connectivity index (χ1n) is 8.76. The summed E-state index contributed by atoms with van der Waals surface area (Å²) in [7, 11) is 0. The Morgan fingerprint density at radius 1 is 1.00 bits per heavy atom. The highest BCUT2D eigenvalue weighted by Gasteiger charge is 2.10. The topological polar surface area (TPSA) is 88.0 Å². The smallest absolute Gasteiger partial charge is 0.321 e. The Hall–Kier alpha value is -3.76. The van der Waals surface area contributed by atoms with Gasteiger partial charge in [-0.1, -0.05) is 30.0 Å². The second kappa shape index (κ2) is 8.50. The molecule has 0 saturated carbocycles. The average Bonchev–Trinajstić information content (AvgIpc) is 3.16. The molecule has 0 radical (unpaired) electrons. The van der Waals surface area contributed by atoms with Gasteiger partial charge < -0.3 is 14.5 Å². The molecule has 0 amide bonds. The number of nitrogens with one attached hydrogen (secondary N) is 1. The highest BCUT2D eigenvalue weighted by molar-refractivity contribution is 7.99. The molecule has 4 aromatic rings. The molecular formula is C22H15N3O3S. The van der Waals surface area contributed by atoms with Crippen LogP contribution in [-0.4, -0.2) is 21.7 Å². The van der Waals surface area contributed by atoms with Crippen molar-refractivity contribution in [3.63, 3.8) is 0 Å². The molecule has 0 unspecified atom stereocenters. The lowest BCUT2D eigenvalue weighted by atomic mass is 10.2. The maximum Gasteiger partial charge on any atom is 0.321 e. The Morgan fingerprint density at radius 3 is 2.48 bits per heavy atom. The molecule has 0 aliphatic carbocycles. The van der Waals surface area contributed by atoms with Crippen molar-refractivity contribution in [2.24, 2.45) is 0 Å². The van der Waals surface area contributed by atoms with Crippen LogP contribution in [0.3, 0.4) is 0 Å². The lowest BCUT2D eigenvalue weighted by molar-refractivity contribution is -0.131. The number of thioether (sulfide) groups is 1. The molecule has 7 heteroatoms. The van der Waals surface area contributed by atoms with Crippen molar-refractivity contribution in [1.82, 2.24) is 9.97 Å². The van der Waals surface area contributed by atoms with Crippen molar-refractivity contribution in [2.75, 3.05) is 5.75 Å². The first kappa shape index (κ1) is 18.6. The van der Waals surface area contributed by atoms with E-state index in [1.54, 1.807) is 42.5 Å². The highest BCUT2D eigenvalue weighted by atomic mass is 32.2. The van der Waals surface area contributed by atoms with Gasteiger partial charge in [0.1, 0.15) is 17.2 Å². The molecule has 0 bridgehead atoms. The molecule has 1 aromatic heterocycles. The van der Waals surface area contributed by atoms with Gasteiger partial charge in [0.15, 0.2) is 5.16 Å². The number of aromatic nitrogens is 2. The molecule has 0 spiro atoms. The van der Waals surface area contributed by atoms with Gasteiger partial charge in [-0.05, 0) is 54.6 Å². The SMILES string of the molecule is N#Cc1ccc2[nH]c(SCC(=O)Oc3ccc(Oc4ccccc4)cc3)nc2c1. The summed E-state index contributed by atoms with van der Waals surface area (Å²) < 4.78 is 11.1. The maximum absolute atomic E-state index is 12.1. The minimum Gasteiger partial charge on any atom is -0.457 e. The van der Waals surface area contributed by atoms with Crippen LogP contribution in [0.1, 0.15) is 5.56 Å². The van der Waals surface area contributed by atoms with E-state index >= 15 is 0 Å². The Bertz CT molecular complexity index is 1180. The van der Waals surface area contributed by atoms with E-state index in [4.69, 9.17) is 14.7 Å². The van der Waals surface area contributed by atoms with Crippen molar-refractivity contribution < 1.29 is 14.3 Å². The third kappa shape index (κ3) is 4.75. The fourth-order valence-corrected chi connectivity index (χ4v) is 3.27. The van der Waals surface area contributed by atoms with Gasteiger partial charge in [0.05, 0.1) is 28.4 Å². The second-order valence-electron chi connectivity index (χ2n) is 6.03. The minimum atomic E-state index is -0.384. The quantitative estimate of drug-likeness (QED) is 0.280. The first-order valence-corrected chi connectivity index (χ1v) is 9.74. The van der Waals surface area contributed by atoms with Crippen LogP contribution in [0.5, 0.6) is 17.2 Å². The molecule has 0 saturated heterocycles. The Kier molecular flexibility index (Phi) is 5.45. The number of ether oxygens (including phenoxy) is 2. The summed E-state index contributed by atoms with van der Waals surface area (Å²) in [6.07, 6.45) is 0. The van der Waals surface area contributed by atoms with E-state index in [-0.39, 0.29) is 11.7 Å². The molecule has 3 aromatic carbocycles. The van der Waals surface area contributed by atoms with Gasteiger partial charge >= 0.3 is 5.97 Å². The summed E-state index contributed by atoms with van der Waals surface area (Å²) in [6, 6.07) is 23.6. The number of aromatic amines is 1. The van der Waals surface area contributed by atoms with E-state index in [1.807, 2.05) is 30.3 Å². The molecule has 1 heterocycles. The molecule has 4 rings (SSSR count). The van der Waals surface area contributed by atoms with E-state index < -0.39 is 0 Å². The Balaban J connectivity index is 1.32. The van der Waals surface area contributed by atoms with Crippen molar-refractivity contribution in [2.45, 2.75) is 5.16 Å². The average molecular weight is 401 g/mol. The summed E-state index contributed by atoms with van der Waals surface area (Å²) in [6.45, 7) is 0. The Morgan fingerprint density at radius 2 is 1.72 bits per heavy atom. The number of carbonyl (C=O) groups is 1. The summed E-state index contributed by atoms with van der Waals surface area (Å²) in [4.78, 5) is 19.6. The summed E-state index contributed by atoms with van der Waals surface area (Å²) in [5.74, 6) is 1.56. The van der Waals surface area contributed by atoms with Gasteiger partial charge in [-0.15, -0.1) is 0 Å². The van der Waals surface area contributed by atoms with Crippen molar-refractivity contribution in [3.05, 3.63) is 78.4 Å². The van der Waals surface area contributed by atoms with E-state index in [9.17, 15) is 4.79 Å². The van der Waals surface area contributed by atoms with E-state index in [0.29, 0.717) is 27.7 Å². The van der Waals surface area contributed by atoms with Crippen LogP contribution in [0.2, 0.25) is 0 Å². The van der Waals surface area contributed by atoms with Crippen LogP contribution in [0.25, 0.3) is 11.0 Å². The molecule has 142 valence electrons. The molecule has 29 heavy (non-hydrogen) atoms. The fraction of sp³-hybridized carbons (Fsp3) is 0.0455. The van der Waals surface area contributed by atoms with E-state index in [2.05, 4.69) is 16.0 Å². The normalized spacial score (nSPS) is 10.4. The standard InChI is InChI=1S/C22H15N3O3S/c23-13-15-6-11-19-20(12-15)25-22(24-19)29-14-21(26)28-18-9-7-17(8-10-18)27-16-4-2-1-3-5-16/h1-12H,14H2,(H,24,25). The molecule has 0 fully saturated rings. The van der Waals surface area contributed by atoms with Gasteiger partial charge in [0.2, 0.25) is 0 Å². The monoisotopic (exact) mass is 401 g/mol. The lowest BCUT2D eigenvalue weighted by Gasteiger charge is -2.07. The number of fused-ring (bicyclic) bond motifs is 1. The van der Waals surface area contributed by atoms with Crippen LogP contribution in [0, 0.1) is 11.3 Å². The van der Waals surface area contributed by atoms with Gasteiger partial charge in [0, 0.05) is 0 Å². The number of imidazole rings is 1. The summed E-state index contributed by atoms with van der Waals surface area (Å²) in [5.41, 5.74) is 2.04. The van der Waals surface area contributed by atoms with Gasteiger partial charge in [-0.3, -0.25) is 4.79 Å². The third-order valence-corrected chi connectivity index (χ3v) is 4.80. The lowest BCUT2D eigenvalue weighted by Crippen LogP contribution is -2.10. The van der Waals surface area contributed by atoms with E-state index in [1.165, 1.54) is 11.8 Å². The van der Waals surface area contributed by atoms with Crippen molar-refractivity contribution in [1.29, 1.82) is 5.26 Å². The highest BCUT2D eigenvalue weighted by Crippen LogP contribution is 2.24. The number of nitriles is 1. The molecular weight excluding hydrogens is 386 g/mol. The number of carbonyl (C=O) groups excluding carboxylic acids is 1. The predicted octanol–water partition coefficient (Wildman–Crippen LogP) is 4.92. The van der Waals surface area contributed by atoms with E-state index in [0.717, 1.165) is 11.3 Å². The number of benzene rings is 3. The van der Waals surface area contributed by atoms with Crippen molar-refractivity contribution >= 4 is 28.8 Å². The number of hydrogen-bond donors (Lipinski definition) is 1. The summed E-state index contributed by atoms with van der Waals surface area (Å²) in [5, 5.41) is 9.54. The zero-order chi connectivity index (χ0) is 20.1. The zero-order valence-corrected chi connectivity index (χ0v) is 16.0. The molecule has 0 atom stereocenters. The number of esters is 1. The van der Waals surface area contributed by atoms with Crippen LogP contribution in [0.15, 0.2) is 78.0 Å². The Labute approximate surface area is 171 Å². The number of para-hydroxylation sites is 1. The molecule has 0 aliphatic heterocycles. The van der Waals surface area contributed by atoms with Crippen LogP contribution >= 0.6 is 11.8 Å². The maximum atomic E-state index is 12.1.